The number of nitrogens with one attached hydrogen (secondary N) is 1. The van der Waals surface area contributed by atoms with E-state index in [-0.39, 0.29) is 29.8 Å². The van der Waals surface area contributed by atoms with Gasteiger partial charge in [-0.25, -0.2) is 8.42 Å². The van der Waals surface area contributed by atoms with Gasteiger partial charge in [0.1, 0.15) is 12.6 Å². The molecule has 2 amide bonds. The van der Waals surface area contributed by atoms with E-state index in [4.69, 9.17) is 11.6 Å². The monoisotopic (exact) mass is 695 g/mol. The van der Waals surface area contributed by atoms with Crippen molar-refractivity contribution in [2.24, 2.45) is 0 Å². The van der Waals surface area contributed by atoms with Crippen molar-refractivity contribution in [1.82, 2.24) is 10.2 Å². The van der Waals surface area contributed by atoms with Gasteiger partial charge in [-0.3, -0.25) is 13.9 Å². The molecule has 0 aromatic heterocycles. The molecule has 0 aliphatic heterocycles. The van der Waals surface area contributed by atoms with Gasteiger partial charge < -0.3 is 10.2 Å². The van der Waals surface area contributed by atoms with E-state index in [1.54, 1.807) is 60.7 Å². The molecule has 230 valence electrons. The van der Waals surface area contributed by atoms with Gasteiger partial charge in [0.05, 0.1) is 10.6 Å². The number of carbonyl (C=O) groups excluding carboxylic acids is 2. The minimum Gasteiger partial charge on any atom is -0.352 e. The number of anilines is 1. The summed E-state index contributed by atoms with van der Waals surface area (Å²) >= 11 is 9.97. The largest absolute Gasteiger partial charge is 0.352 e. The summed E-state index contributed by atoms with van der Waals surface area (Å²) in [6.07, 6.45) is 0.926. The van der Waals surface area contributed by atoms with Gasteiger partial charge >= 0.3 is 0 Å². The van der Waals surface area contributed by atoms with Crippen molar-refractivity contribution in [3.8, 4) is 0 Å². The SMILES string of the molecule is CC[C@H](C)NC(=O)[C@H](Cc1ccccc1)N(Cc1ccccc1Cl)C(=O)CN(c1cccc(Br)c1)S(=O)(=O)c1ccccc1. The molecule has 2 atom stereocenters. The Bertz CT molecular complexity index is 1670. The lowest BCUT2D eigenvalue weighted by Crippen LogP contribution is -2.54. The van der Waals surface area contributed by atoms with Crippen LogP contribution in [0.15, 0.2) is 119 Å². The third-order valence-electron chi connectivity index (χ3n) is 7.28. The number of hydrogen-bond donors (Lipinski definition) is 1. The minimum absolute atomic E-state index is 0.00163. The fourth-order valence-electron chi connectivity index (χ4n) is 4.68. The molecule has 1 N–H and O–H groups in total. The molecular weight excluding hydrogens is 662 g/mol. The Morgan fingerprint density at radius 1 is 0.886 bits per heavy atom. The molecule has 0 aliphatic carbocycles. The van der Waals surface area contributed by atoms with E-state index in [9.17, 15) is 18.0 Å². The van der Waals surface area contributed by atoms with Crippen LogP contribution < -0.4 is 9.62 Å². The lowest BCUT2D eigenvalue weighted by molar-refractivity contribution is -0.140. The maximum absolute atomic E-state index is 14.5. The zero-order chi connectivity index (χ0) is 31.7. The maximum Gasteiger partial charge on any atom is 0.264 e. The molecular formula is C34H35BrClN3O4S. The van der Waals surface area contributed by atoms with Crippen molar-refractivity contribution >= 4 is 55.1 Å². The minimum atomic E-state index is -4.17. The second-order valence-corrected chi connectivity index (χ2v) is 13.6. The van der Waals surface area contributed by atoms with E-state index in [1.165, 1.54) is 17.0 Å². The molecule has 0 fully saturated rings. The highest BCUT2D eigenvalue weighted by Gasteiger charge is 2.35. The van der Waals surface area contributed by atoms with E-state index in [1.807, 2.05) is 50.2 Å². The van der Waals surface area contributed by atoms with Gasteiger partial charge in [-0.05, 0) is 60.9 Å². The van der Waals surface area contributed by atoms with E-state index < -0.39 is 28.5 Å². The van der Waals surface area contributed by atoms with Crippen LogP contribution in [0.4, 0.5) is 5.69 Å². The van der Waals surface area contributed by atoms with Crippen molar-refractivity contribution in [1.29, 1.82) is 0 Å². The van der Waals surface area contributed by atoms with Crippen molar-refractivity contribution in [2.45, 2.75) is 50.2 Å². The van der Waals surface area contributed by atoms with Crippen LogP contribution in [0.1, 0.15) is 31.4 Å². The summed E-state index contributed by atoms with van der Waals surface area (Å²) in [6.45, 7) is 3.33. The standard InChI is InChI=1S/C34H35BrClN3O4S/c1-3-25(2)37-34(41)32(21-26-13-6-4-7-14-26)38(23-27-15-10-11-20-31(27)36)33(40)24-39(29-17-12-16-28(35)22-29)44(42,43)30-18-8-5-9-19-30/h4-20,22,25,32H,3,21,23-24H2,1-2H3,(H,37,41)/t25-,32-/m0/s1. The number of rotatable bonds is 13. The molecule has 0 saturated carbocycles. The summed E-state index contributed by atoms with van der Waals surface area (Å²) in [7, 11) is -4.17. The Hall–Kier alpha value is -3.66. The smallest absolute Gasteiger partial charge is 0.264 e. The average molecular weight is 697 g/mol. The molecule has 7 nitrogen and oxygen atoms in total. The van der Waals surface area contributed by atoms with Gasteiger partial charge in [0.25, 0.3) is 10.0 Å². The quantitative estimate of drug-likeness (QED) is 0.166. The number of sulfonamides is 1. The van der Waals surface area contributed by atoms with E-state index in [0.29, 0.717) is 27.2 Å². The number of halogens is 2. The maximum atomic E-state index is 14.5. The number of amides is 2. The van der Waals surface area contributed by atoms with Crippen LogP contribution in [-0.4, -0.2) is 43.8 Å². The van der Waals surface area contributed by atoms with Gasteiger partial charge in [-0.2, -0.15) is 0 Å². The van der Waals surface area contributed by atoms with E-state index >= 15 is 0 Å². The summed E-state index contributed by atoms with van der Waals surface area (Å²) < 4.78 is 29.8. The molecule has 0 bridgehead atoms. The van der Waals surface area contributed by atoms with E-state index in [2.05, 4.69) is 21.2 Å². The number of carbonyl (C=O) groups is 2. The fourth-order valence-corrected chi connectivity index (χ4v) is 6.69. The highest BCUT2D eigenvalue weighted by molar-refractivity contribution is 9.10. The highest BCUT2D eigenvalue weighted by atomic mass is 79.9. The fraction of sp³-hybridized carbons (Fsp3) is 0.235. The van der Waals surface area contributed by atoms with Gasteiger partial charge in [0.2, 0.25) is 11.8 Å². The number of nitrogens with zero attached hydrogens (tertiary/aromatic N) is 2. The second-order valence-electron chi connectivity index (χ2n) is 10.4. The lowest BCUT2D eigenvalue weighted by atomic mass is 10.0. The highest BCUT2D eigenvalue weighted by Crippen LogP contribution is 2.28. The molecule has 4 rings (SSSR count). The average Bonchev–Trinajstić information content (AvgIpc) is 3.03. The van der Waals surface area contributed by atoms with E-state index in [0.717, 1.165) is 9.87 Å². The summed E-state index contributed by atoms with van der Waals surface area (Å²) in [5.74, 6) is -0.881. The Balaban J connectivity index is 1.81. The van der Waals surface area contributed by atoms with Crippen LogP contribution in [0.5, 0.6) is 0 Å². The van der Waals surface area contributed by atoms with Crippen LogP contribution in [0.25, 0.3) is 0 Å². The number of benzene rings is 4. The summed E-state index contributed by atoms with van der Waals surface area (Å²) in [5.41, 5.74) is 1.80. The third kappa shape index (κ3) is 8.49. The van der Waals surface area contributed by atoms with Gasteiger partial charge in [0, 0.05) is 28.5 Å². The van der Waals surface area contributed by atoms with Crippen LogP contribution in [0.2, 0.25) is 5.02 Å². The Morgan fingerprint density at radius 3 is 2.16 bits per heavy atom. The molecule has 4 aromatic carbocycles. The van der Waals surface area contributed by atoms with Crippen LogP contribution >= 0.6 is 27.5 Å². The van der Waals surface area contributed by atoms with Crippen molar-refractivity contribution in [2.75, 3.05) is 10.8 Å². The lowest BCUT2D eigenvalue weighted by Gasteiger charge is -2.34. The zero-order valence-electron chi connectivity index (χ0n) is 24.6. The summed E-state index contributed by atoms with van der Waals surface area (Å²) in [6, 6.07) is 30.2. The first-order chi connectivity index (χ1) is 21.1. The van der Waals surface area contributed by atoms with Gasteiger partial charge in [-0.1, -0.05) is 107 Å². The Morgan fingerprint density at radius 2 is 1.52 bits per heavy atom. The molecule has 10 heteroatoms. The molecule has 0 radical (unpaired) electrons. The Labute approximate surface area is 273 Å². The Kier molecular flexibility index (Phi) is 11.6. The van der Waals surface area contributed by atoms with Crippen LogP contribution in [-0.2, 0) is 32.6 Å². The first-order valence-electron chi connectivity index (χ1n) is 14.3. The first kappa shape index (κ1) is 33.2. The molecule has 0 saturated heterocycles. The molecule has 0 heterocycles. The number of hydrogen-bond acceptors (Lipinski definition) is 4. The predicted octanol–water partition coefficient (Wildman–Crippen LogP) is 6.85. The van der Waals surface area contributed by atoms with Gasteiger partial charge in [0.15, 0.2) is 0 Å². The van der Waals surface area contributed by atoms with Crippen molar-refractivity contribution in [3.05, 3.63) is 130 Å². The molecule has 0 spiro atoms. The summed E-state index contributed by atoms with van der Waals surface area (Å²) in [4.78, 5) is 29.8. The molecule has 0 unspecified atom stereocenters. The van der Waals surface area contributed by atoms with Crippen LogP contribution in [0.3, 0.4) is 0 Å². The predicted molar refractivity (Wildman–Crippen MR) is 179 cm³/mol. The molecule has 4 aromatic rings. The topological polar surface area (TPSA) is 86.8 Å². The first-order valence-corrected chi connectivity index (χ1v) is 16.9. The zero-order valence-corrected chi connectivity index (χ0v) is 27.7. The summed E-state index contributed by atoms with van der Waals surface area (Å²) in [5, 5.41) is 3.47. The normalized spacial score (nSPS) is 12.6. The second kappa shape index (κ2) is 15.4. The van der Waals surface area contributed by atoms with Gasteiger partial charge in [-0.15, -0.1) is 0 Å². The molecule has 0 aliphatic rings. The van der Waals surface area contributed by atoms with Crippen molar-refractivity contribution < 1.29 is 18.0 Å². The third-order valence-corrected chi connectivity index (χ3v) is 9.93. The van der Waals surface area contributed by atoms with Crippen LogP contribution in [0, 0.1) is 0 Å². The molecule has 44 heavy (non-hydrogen) atoms. The van der Waals surface area contributed by atoms with Crippen molar-refractivity contribution in [3.63, 3.8) is 0 Å².